The Labute approximate surface area is 103 Å². The molecule has 1 unspecified atom stereocenters. The molecule has 2 heterocycles. The number of cyclic esters (lactones) is 1. The number of hydrogen-bond acceptors (Lipinski definition) is 5. The number of fused-ring (bicyclic) bond motifs is 1. The van der Waals surface area contributed by atoms with E-state index in [2.05, 4.69) is 0 Å². The minimum atomic E-state index is -0.650. The minimum Gasteiger partial charge on any atom is -0.454 e. The lowest BCUT2D eigenvalue weighted by molar-refractivity contribution is 0.111. The molecule has 1 aromatic rings. The number of amides is 1. The van der Waals surface area contributed by atoms with Crippen LogP contribution in [-0.4, -0.2) is 25.5 Å². The van der Waals surface area contributed by atoms with Crippen molar-refractivity contribution in [3.05, 3.63) is 18.2 Å². The first-order valence-electron chi connectivity index (χ1n) is 5.55. The van der Waals surface area contributed by atoms with E-state index in [1.54, 1.807) is 18.2 Å². The molecule has 0 aliphatic carbocycles. The van der Waals surface area contributed by atoms with Gasteiger partial charge in [-0.1, -0.05) is 0 Å². The van der Waals surface area contributed by atoms with Crippen molar-refractivity contribution in [3.63, 3.8) is 0 Å². The van der Waals surface area contributed by atoms with Crippen LogP contribution < -0.4 is 14.4 Å². The lowest BCUT2D eigenvalue weighted by Crippen LogP contribution is -2.41. The van der Waals surface area contributed by atoms with Crippen LogP contribution in [0.4, 0.5) is 10.5 Å². The molecule has 18 heavy (non-hydrogen) atoms. The van der Waals surface area contributed by atoms with Gasteiger partial charge in [0.05, 0.1) is 5.69 Å². The van der Waals surface area contributed by atoms with E-state index in [9.17, 15) is 4.79 Å². The minimum absolute atomic E-state index is 0.194. The van der Waals surface area contributed by atoms with Crippen LogP contribution in [0.25, 0.3) is 0 Å². The molecule has 1 saturated heterocycles. The second-order valence-corrected chi connectivity index (χ2v) is 3.98. The SMILES string of the molecule is N#CC1CCN(c2ccc3c(c2)OCO3)C(=O)O1. The maximum atomic E-state index is 11.7. The largest absolute Gasteiger partial charge is 0.454 e. The number of hydrogen-bond donors (Lipinski definition) is 0. The average Bonchev–Trinajstić information content (AvgIpc) is 2.85. The Morgan fingerprint density at radius 1 is 1.33 bits per heavy atom. The van der Waals surface area contributed by atoms with Gasteiger partial charge in [-0.05, 0) is 12.1 Å². The fourth-order valence-electron chi connectivity index (χ4n) is 1.96. The molecule has 0 spiro atoms. The quantitative estimate of drug-likeness (QED) is 0.753. The van der Waals surface area contributed by atoms with Crippen molar-refractivity contribution in [1.82, 2.24) is 0 Å². The molecular formula is C12H10N2O4. The summed E-state index contributed by atoms with van der Waals surface area (Å²) in [7, 11) is 0. The fraction of sp³-hybridized carbons (Fsp3) is 0.333. The third kappa shape index (κ3) is 1.70. The second-order valence-electron chi connectivity index (χ2n) is 3.98. The molecule has 0 aromatic heterocycles. The predicted octanol–water partition coefficient (Wildman–Crippen LogP) is 1.65. The third-order valence-electron chi connectivity index (χ3n) is 2.89. The number of benzene rings is 1. The predicted molar refractivity (Wildman–Crippen MR) is 60.4 cm³/mol. The fourth-order valence-corrected chi connectivity index (χ4v) is 1.96. The number of carbonyl (C=O) groups is 1. The Morgan fingerprint density at radius 2 is 2.17 bits per heavy atom. The first-order chi connectivity index (χ1) is 8.78. The molecule has 2 aliphatic heterocycles. The topological polar surface area (TPSA) is 71.8 Å². The molecule has 1 aromatic carbocycles. The van der Waals surface area contributed by atoms with Crippen LogP contribution in [0, 0.1) is 11.3 Å². The van der Waals surface area contributed by atoms with Crippen molar-refractivity contribution in [2.45, 2.75) is 12.5 Å². The highest BCUT2D eigenvalue weighted by atomic mass is 16.7. The summed E-state index contributed by atoms with van der Waals surface area (Å²) >= 11 is 0. The molecule has 0 radical (unpaired) electrons. The Hall–Kier alpha value is -2.42. The van der Waals surface area contributed by atoms with Crippen molar-refractivity contribution < 1.29 is 19.0 Å². The number of nitrogens with zero attached hydrogens (tertiary/aromatic N) is 2. The molecule has 0 N–H and O–H groups in total. The molecule has 0 saturated carbocycles. The Bertz CT molecular complexity index is 537. The van der Waals surface area contributed by atoms with Crippen LogP contribution in [0.2, 0.25) is 0 Å². The molecule has 0 bridgehead atoms. The molecule has 1 atom stereocenters. The van der Waals surface area contributed by atoms with E-state index in [4.69, 9.17) is 19.5 Å². The molecule has 6 nitrogen and oxygen atoms in total. The number of anilines is 1. The number of carbonyl (C=O) groups excluding carboxylic acids is 1. The van der Waals surface area contributed by atoms with Gasteiger partial charge in [0.1, 0.15) is 6.07 Å². The zero-order chi connectivity index (χ0) is 12.5. The zero-order valence-corrected chi connectivity index (χ0v) is 9.46. The van der Waals surface area contributed by atoms with Crippen molar-refractivity contribution in [2.24, 2.45) is 0 Å². The Balaban J connectivity index is 1.83. The molecule has 3 rings (SSSR count). The summed E-state index contributed by atoms with van der Waals surface area (Å²) in [6, 6.07) is 7.18. The smallest absolute Gasteiger partial charge is 0.415 e. The molecule has 1 fully saturated rings. The first kappa shape index (κ1) is 10.7. The van der Waals surface area contributed by atoms with Crippen molar-refractivity contribution in [3.8, 4) is 17.6 Å². The summed E-state index contributed by atoms with van der Waals surface area (Å²) in [6.07, 6.45) is -0.661. The standard InChI is InChI=1S/C12H10N2O4/c13-6-9-3-4-14(12(15)18-9)8-1-2-10-11(5-8)17-7-16-10/h1-2,5,9H,3-4,7H2. The van der Waals surface area contributed by atoms with E-state index in [1.807, 2.05) is 6.07 Å². The molecule has 6 heteroatoms. The van der Waals surface area contributed by atoms with Crippen LogP contribution in [0.1, 0.15) is 6.42 Å². The van der Waals surface area contributed by atoms with Gasteiger partial charge in [0, 0.05) is 19.0 Å². The first-order valence-corrected chi connectivity index (χ1v) is 5.55. The molecule has 92 valence electrons. The number of rotatable bonds is 1. The lowest BCUT2D eigenvalue weighted by Gasteiger charge is -2.28. The van der Waals surface area contributed by atoms with E-state index in [0.29, 0.717) is 30.2 Å². The van der Waals surface area contributed by atoms with Crippen LogP contribution in [0.15, 0.2) is 18.2 Å². The second kappa shape index (κ2) is 4.11. The van der Waals surface area contributed by atoms with Gasteiger partial charge in [-0.25, -0.2) is 4.79 Å². The summed E-state index contributed by atoms with van der Waals surface area (Å²) in [5, 5.41) is 8.71. The van der Waals surface area contributed by atoms with Gasteiger partial charge in [0.2, 0.25) is 6.79 Å². The molecule has 2 aliphatic rings. The van der Waals surface area contributed by atoms with Crippen LogP contribution >= 0.6 is 0 Å². The normalized spacial score (nSPS) is 21.4. The van der Waals surface area contributed by atoms with E-state index < -0.39 is 12.2 Å². The van der Waals surface area contributed by atoms with Gasteiger partial charge in [0.15, 0.2) is 17.6 Å². The Kier molecular flexibility index (Phi) is 2.45. The molecular weight excluding hydrogens is 236 g/mol. The van der Waals surface area contributed by atoms with Crippen LogP contribution in [-0.2, 0) is 4.74 Å². The number of nitriles is 1. The van der Waals surface area contributed by atoms with Crippen molar-refractivity contribution >= 4 is 11.8 Å². The maximum absolute atomic E-state index is 11.7. The number of ether oxygens (including phenoxy) is 3. The van der Waals surface area contributed by atoms with E-state index >= 15 is 0 Å². The highest BCUT2D eigenvalue weighted by Crippen LogP contribution is 2.36. The van der Waals surface area contributed by atoms with Gasteiger partial charge in [-0.3, -0.25) is 4.90 Å². The Morgan fingerprint density at radius 3 is 2.94 bits per heavy atom. The summed E-state index contributed by atoms with van der Waals surface area (Å²) in [5.41, 5.74) is 0.681. The van der Waals surface area contributed by atoms with Gasteiger partial charge in [0.25, 0.3) is 0 Å². The van der Waals surface area contributed by atoms with E-state index in [1.165, 1.54) is 4.90 Å². The van der Waals surface area contributed by atoms with Crippen molar-refractivity contribution in [2.75, 3.05) is 18.2 Å². The van der Waals surface area contributed by atoms with E-state index in [-0.39, 0.29) is 6.79 Å². The average molecular weight is 246 g/mol. The summed E-state index contributed by atoms with van der Waals surface area (Å²) in [6.45, 7) is 0.649. The summed E-state index contributed by atoms with van der Waals surface area (Å²) in [4.78, 5) is 13.2. The van der Waals surface area contributed by atoms with Gasteiger partial charge in [-0.15, -0.1) is 0 Å². The monoisotopic (exact) mass is 246 g/mol. The van der Waals surface area contributed by atoms with Gasteiger partial charge < -0.3 is 14.2 Å². The van der Waals surface area contributed by atoms with Crippen molar-refractivity contribution in [1.29, 1.82) is 5.26 Å². The van der Waals surface area contributed by atoms with Crippen LogP contribution in [0.5, 0.6) is 11.5 Å². The highest BCUT2D eigenvalue weighted by molar-refractivity contribution is 5.89. The summed E-state index contributed by atoms with van der Waals surface area (Å²) in [5.74, 6) is 1.28. The third-order valence-corrected chi connectivity index (χ3v) is 2.89. The van der Waals surface area contributed by atoms with Crippen LogP contribution in [0.3, 0.4) is 0 Å². The highest BCUT2D eigenvalue weighted by Gasteiger charge is 2.29. The van der Waals surface area contributed by atoms with Gasteiger partial charge in [-0.2, -0.15) is 5.26 Å². The maximum Gasteiger partial charge on any atom is 0.415 e. The lowest BCUT2D eigenvalue weighted by atomic mass is 10.2. The van der Waals surface area contributed by atoms with Gasteiger partial charge >= 0.3 is 6.09 Å². The van der Waals surface area contributed by atoms with E-state index in [0.717, 1.165) is 0 Å². The zero-order valence-electron chi connectivity index (χ0n) is 9.46. The summed E-state index contributed by atoms with van der Waals surface area (Å²) < 4.78 is 15.4. The molecule has 1 amide bonds.